The molecular formula is C17H23N3O3. The number of carbonyl (C=O) groups excluding carboxylic acids is 2. The minimum Gasteiger partial charge on any atom is -0.497 e. The van der Waals surface area contributed by atoms with Crippen molar-refractivity contribution < 1.29 is 14.3 Å². The van der Waals surface area contributed by atoms with Crippen LogP contribution in [-0.2, 0) is 9.59 Å². The molecule has 23 heavy (non-hydrogen) atoms. The van der Waals surface area contributed by atoms with Gasteiger partial charge in [0.15, 0.2) is 0 Å². The maximum absolute atomic E-state index is 12.2. The highest BCUT2D eigenvalue weighted by Crippen LogP contribution is 2.21. The quantitative estimate of drug-likeness (QED) is 0.824. The number of methoxy groups -OCH3 is 1. The summed E-state index contributed by atoms with van der Waals surface area (Å²) < 4.78 is 5.16. The first kappa shape index (κ1) is 15.6. The first-order valence-electron chi connectivity index (χ1n) is 8.12. The zero-order valence-electron chi connectivity index (χ0n) is 13.5. The predicted molar refractivity (Wildman–Crippen MR) is 87.6 cm³/mol. The van der Waals surface area contributed by atoms with E-state index in [2.05, 4.69) is 10.2 Å². The Morgan fingerprint density at radius 3 is 2.35 bits per heavy atom. The molecule has 1 aromatic carbocycles. The highest BCUT2D eigenvalue weighted by molar-refractivity contribution is 5.97. The van der Waals surface area contributed by atoms with E-state index in [1.54, 1.807) is 12.0 Å². The van der Waals surface area contributed by atoms with E-state index in [4.69, 9.17) is 4.74 Å². The van der Waals surface area contributed by atoms with Crippen LogP contribution in [-0.4, -0.2) is 56.0 Å². The molecule has 6 nitrogen and oxygen atoms in total. The van der Waals surface area contributed by atoms with Gasteiger partial charge in [0, 0.05) is 37.9 Å². The summed E-state index contributed by atoms with van der Waals surface area (Å²) in [6.45, 7) is 2.87. The number of carbonyl (C=O) groups is 2. The molecule has 1 aromatic rings. The molecule has 6 heteroatoms. The van der Waals surface area contributed by atoms with Gasteiger partial charge in [-0.1, -0.05) is 0 Å². The molecule has 1 saturated carbocycles. The van der Waals surface area contributed by atoms with E-state index in [9.17, 15) is 9.59 Å². The molecule has 0 spiro atoms. The molecule has 0 radical (unpaired) electrons. The monoisotopic (exact) mass is 317 g/mol. The lowest BCUT2D eigenvalue weighted by Gasteiger charge is -2.36. The summed E-state index contributed by atoms with van der Waals surface area (Å²) in [5.41, 5.74) is 1.13. The van der Waals surface area contributed by atoms with Crippen molar-refractivity contribution in [1.29, 1.82) is 0 Å². The van der Waals surface area contributed by atoms with Crippen molar-refractivity contribution >= 4 is 17.5 Å². The van der Waals surface area contributed by atoms with Crippen molar-refractivity contribution in [2.75, 3.05) is 38.2 Å². The van der Waals surface area contributed by atoms with Crippen LogP contribution in [0.15, 0.2) is 24.3 Å². The molecule has 2 fully saturated rings. The van der Waals surface area contributed by atoms with Crippen LogP contribution in [0.5, 0.6) is 5.75 Å². The van der Waals surface area contributed by atoms with Crippen molar-refractivity contribution in [1.82, 2.24) is 10.2 Å². The molecule has 0 aromatic heterocycles. The number of rotatable bonds is 5. The molecule has 2 amide bonds. The number of hydrogen-bond acceptors (Lipinski definition) is 4. The summed E-state index contributed by atoms with van der Waals surface area (Å²) in [6, 6.07) is 8.24. The average Bonchev–Trinajstić information content (AvgIpc) is 3.39. The van der Waals surface area contributed by atoms with Crippen LogP contribution in [0.2, 0.25) is 0 Å². The highest BCUT2D eigenvalue weighted by Gasteiger charge is 2.26. The van der Waals surface area contributed by atoms with Gasteiger partial charge in [-0.15, -0.1) is 0 Å². The van der Waals surface area contributed by atoms with Gasteiger partial charge in [0.25, 0.3) is 0 Å². The first-order valence-corrected chi connectivity index (χ1v) is 8.12. The van der Waals surface area contributed by atoms with E-state index in [0.717, 1.165) is 37.4 Å². The summed E-state index contributed by atoms with van der Waals surface area (Å²) in [7, 11) is 1.65. The molecule has 1 N–H and O–H groups in total. The van der Waals surface area contributed by atoms with Crippen LogP contribution in [0.1, 0.15) is 19.3 Å². The third-order valence-electron chi connectivity index (χ3n) is 4.32. The maximum Gasteiger partial charge on any atom is 0.232 e. The molecule has 3 rings (SSSR count). The van der Waals surface area contributed by atoms with Crippen molar-refractivity contribution in [3.05, 3.63) is 24.3 Å². The molecule has 0 bridgehead atoms. The Balaban J connectivity index is 1.46. The van der Waals surface area contributed by atoms with E-state index < -0.39 is 0 Å². The van der Waals surface area contributed by atoms with Crippen LogP contribution in [0.4, 0.5) is 5.69 Å². The summed E-state index contributed by atoms with van der Waals surface area (Å²) in [4.78, 5) is 27.9. The van der Waals surface area contributed by atoms with E-state index in [0.29, 0.717) is 19.1 Å². The minimum absolute atomic E-state index is 0.0287. The summed E-state index contributed by atoms with van der Waals surface area (Å²) in [6.07, 6.45) is 2.06. The second-order valence-electron chi connectivity index (χ2n) is 6.08. The molecule has 1 aliphatic heterocycles. The van der Waals surface area contributed by atoms with Crippen molar-refractivity contribution in [3.8, 4) is 5.75 Å². The molecule has 0 unspecified atom stereocenters. The highest BCUT2D eigenvalue weighted by atomic mass is 16.5. The Hall–Kier alpha value is -2.24. The third kappa shape index (κ3) is 4.15. The van der Waals surface area contributed by atoms with Gasteiger partial charge in [-0.3, -0.25) is 9.59 Å². The molecule has 1 aliphatic carbocycles. The fraction of sp³-hybridized carbons (Fsp3) is 0.529. The predicted octanol–water partition coefficient (Wildman–Crippen LogP) is 1.01. The zero-order chi connectivity index (χ0) is 16.2. The number of piperazine rings is 1. The SMILES string of the molecule is COc1ccc(N2CCN(C(=O)CC(=O)NC3CC3)CC2)cc1. The minimum atomic E-state index is -0.143. The van der Waals surface area contributed by atoms with Crippen LogP contribution in [0, 0.1) is 0 Å². The Morgan fingerprint density at radius 2 is 1.78 bits per heavy atom. The fourth-order valence-corrected chi connectivity index (χ4v) is 2.76. The van der Waals surface area contributed by atoms with Gasteiger partial charge in [0.1, 0.15) is 12.2 Å². The van der Waals surface area contributed by atoms with Gasteiger partial charge in [-0.25, -0.2) is 0 Å². The van der Waals surface area contributed by atoms with Crippen molar-refractivity contribution in [2.24, 2.45) is 0 Å². The third-order valence-corrected chi connectivity index (χ3v) is 4.32. The molecule has 1 saturated heterocycles. The summed E-state index contributed by atoms with van der Waals surface area (Å²) >= 11 is 0. The fourth-order valence-electron chi connectivity index (χ4n) is 2.76. The second-order valence-corrected chi connectivity index (χ2v) is 6.08. The Labute approximate surface area is 136 Å². The maximum atomic E-state index is 12.2. The van der Waals surface area contributed by atoms with E-state index >= 15 is 0 Å². The number of hydrogen-bond donors (Lipinski definition) is 1. The summed E-state index contributed by atoms with van der Waals surface area (Å²) in [5, 5.41) is 2.86. The number of anilines is 1. The van der Waals surface area contributed by atoms with Crippen molar-refractivity contribution in [3.63, 3.8) is 0 Å². The van der Waals surface area contributed by atoms with Gasteiger partial charge in [-0.2, -0.15) is 0 Å². The largest absolute Gasteiger partial charge is 0.497 e. The topological polar surface area (TPSA) is 61.9 Å². The van der Waals surface area contributed by atoms with E-state index in [1.807, 2.05) is 24.3 Å². The van der Waals surface area contributed by atoms with Crippen molar-refractivity contribution in [2.45, 2.75) is 25.3 Å². The Kier molecular flexibility index (Phi) is 4.69. The van der Waals surface area contributed by atoms with Crippen LogP contribution >= 0.6 is 0 Å². The first-order chi connectivity index (χ1) is 11.2. The van der Waals surface area contributed by atoms with Gasteiger partial charge < -0.3 is 19.9 Å². The van der Waals surface area contributed by atoms with Gasteiger partial charge in [0.05, 0.1) is 7.11 Å². The Bertz CT molecular complexity index is 561. The molecular weight excluding hydrogens is 294 g/mol. The lowest BCUT2D eigenvalue weighted by Crippen LogP contribution is -2.49. The smallest absolute Gasteiger partial charge is 0.232 e. The number of nitrogens with zero attached hydrogens (tertiary/aromatic N) is 2. The van der Waals surface area contributed by atoms with Crippen LogP contribution in [0.25, 0.3) is 0 Å². The normalized spacial score (nSPS) is 17.8. The van der Waals surface area contributed by atoms with E-state index in [-0.39, 0.29) is 18.2 Å². The number of ether oxygens (including phenoxy) is 1. The molecule has 0 atom stereocenters. The standard InChI is InChI=1S/C17H23N3O3/c1-23-15-6-4-14(5-7-15)19-8-10-20(11-9-19)17(22)12-16(21)18-13-2-3-13/h4-7,13H,2-3,8-12H2,1H3,(H,18,21). The van der Waals surface area contributed by atoms with Crippen LogP contribution in [0.3, 0.4) is 0 Å². The lowest BCUT2D eigenvalue weighted by molar-refractivity contribution is -0.136. The lowest BCUT2D eigenvalue weighted by atomic mass is 10.2. The number of benzene rings is 1. The van der Waals surface area contributed by atoms with Gasteiger partial charge in [-0.05, 0) is 37.1 Å². The average molecular weight is 317 g/mol. The second kappa shape index (κ2) is 6.89. The summed E-state index contributed by atoms with van der Waals surface area (Å²) in [5.74, 6) is 0.622. The molecule has 124 valence electrons. The van der Waals surface area contributed by atoms with E-state index in [1.165, 1.54) is 0 Å². The van der Waals surface area contributed by atoms with Gasteiger partial charge in [0.2, 0.25) is 11.8 Å². The Morgan fingerprint density at radius 1 is 1.13 bits per heavy atom. The molecule has 1 heterocycles. The number of amides is 2. The van der Waals surface area contributed by atoms with Gasteiger partial charge >= 0.3 is 0 Å². The zero-order valence-corrected chi connectivity index (χ0v) is 13.5. The number of nitrogens with one attached hydrogen (secondary N) is 1. The van der Waals surface area contributed by atoms with Crippen LogP contribution < -0.4 is 15.0 Å². The molecule has 2 aliphatic rings.